The third-order valence-electron chi connectivity index (χ3n) is 4.06. The molecule has 0 radical (unpaired) electrons. The Bertz CT molecular complexity index is 800. The van der Waals surface area contributed by atoms with Gasteiger partial charge in [0.1, 0.15) is 17.4 Å². The Morgan fingerprint density at radius 2 is 2.14 bits per heavy atom. The molecule has 22 heavy (non-hydrogen) atoms. The van der Waals surface area contributed by atoms with E-state index < -0.39 is 0 Å². The first-order chi connectivity index (χ1) is 10.7. The fraction of sp³-hybridized carbons (Fsp3) is 0.333. The molecule has 0 saturated heterocycles. The van der Waals surface area contributed by atoms with Crippen molar-refractivity contribution in [2.75, 3.05) is 6.61 Å². The second kappa shape index (κ2) is 6.07. The molecule has 4 heteroatoms. The van der Waals surface area contributed by atoms with Crippen molar-refractivity contribution in [3.05, 3.63) is 51.4 Å². The summed E-state index contributed by atoms with van der Waals surface area (Å²) in [4.78, 5) is 15.1. The van der Waals surface area contributed by atoms with Crippen molar-refractivity contribution in [2.24, 2.45) is 0 Å². The minimum absolute atomic E-state index is 0.203. The summed E-state index contributed by atoms with van der Waals surface area (Å²) in [6.45, 7) is 2.52. The van der Waals surface area contributed by atoms with E-state index in [0.29, 0.717) is 6.61 Å². The Kier molecular flexibility index (Phi) is 3.97. The first-order valence-electron chi connectivity index (χ1n) is 7.66. The molecule has 1 aliphatic carbocycles. The predicted octanol–water partition coefficient (Wildman–Crippen LogP) is 3.19. The lowest BCUT2D eigenvalue weighted by atomic mass is 9.87. The maximum Gasteiger partial charge on any atom is 0.266 e. The van der Waals surface area contributed by atoms with E-state index in [9.17, 15) is 10.1 Å². The molecule has 0 saturated carbocycles. The quantitative estimate of drug-likeness (QED) is 0.945. The smallest absolute Gasteiger partial charge is 0.266 e. The second-order valence-electron chi connectivity index (χ2n) is 5.44. The molecule has 112 valence electrons. The normalized spacial score (nSPS) is 13.3. The second-order valence-corrected chi connectivity index (χ2v) is 5.44. The van der Waals surface area contributed by atoms with E-state index >= 15 is 0 Å². The van der Waals surface area contributed by atoms with Crippen LogP contribution in [0.3, 0.4) is 0 Å². The SMILES string of the molecule is CCOc1cccc(-c2c3c([nH]c(=O)c2C#N)CCCC3)c1. The monoisotopic (exact) mass is 294 g/mol. The van der Waals surface area contributed by atoms with Crippen LogP contribution in [0.5, 0.6) is 5.75 Å². The van der Waals surface area contributed by atoms with Crippen molar-refractivity contribution >= 4 is 0 Å². The number of nitrogens with one attached hydrogen (secondary N) is 1. The Hall–Kier alpha value is -2.54. The molecule has 0 fully saturated rings. The number of pyridine rings is 1. The van der Waals surface area contributed by atoms with Gasteiger partial charge < -0.3 is 9.72 Å². The third-order valence-corrected chi connectivity index (χ3v) is 4.06. The molecule has 1 aromatic carbocycles. The number of aromatic amines is 1. The highest BCUT2D eigenvalue weighted by Crippen LogP contribution is 2.33. The molecule has 1 heterocycles. The first-order valence-corrected chi connectivity index (χ1v) is 7.66. The number of rotatable bonds is 3. The zero-order valence-electron chi connectivity index (χ0n) is 12.6. The Morgan fingerprint density at radius 3 is 2.91 bits per heavy atom. The largest absolute Gasteiger partial charge is 0.494 e. The molecule has 3 rings (SSSR count). The maximum absolute atomic E-state index is 12.2. The Balaban J connectivity index is 2.25. The number of nitrogens with zero attached hydrogens (tertiary/aromatic N) is 1. The van der Waals surface area contributed by atoms with Gasteiger partial charge >= 0.3 is 0 Å². The lowest BCUT2D eigenvalue weighted by Crippen LogP contribution is -2.20. The summed E-state index contributed by atoms with van der Waals surface area (Å²) in [5.41, 5.74) is 3.66. The van der Waals surface area contributed by atoms with Crippen molar-refractivity contribution in [3.8, 4) is 22.9 Å². The summed E-state index contributed by atoms with van der Waals surface area (Å²) in [6, 6.07) is 9.72. The zero-order chi connectivity index (χ0) is 15.5. The summed E-state index contributed by atoms with van der Waals surface area (Å²) in [5.74, 6) is 0.758. The number of hydrogen-bond donors (Lipinski definition) is 1. The van der Waals surface area contributed by atoms with Gasteiger partial charge in [-0.1, -0.05) is 12.1 Å². The van der Waals surface area contributed by atoms with Crippen LogP contribution in [0.4, 0.5) is 0 Å². The number of hydrogen-bond acceptors (Lipinski definition) is 3. The van der Waals surface area contributed by atoms with Crippen LogP contribution in [0.15, 0.2) is 29.1 Å². The van der Waals surface area contributed by atoms with Crippen molar-refractivity contribution in [3.63, 3.8) is 0 Å². The van der Waals surface area contributed by atoms with Gasteiger partial charge in [0.25, 0.3) is 5.56 Å². The number of benzene rings is 1. The van der Waals surface area contributed by atoms with Gasteiger partial charge in [-0.2, -0.15) is 5.26 Å². The van der Waals surface area contributed by atoms with E-state index in [1.165, 1.54) is 0 Å². The molecule has 0 unspecified atom stereocenters. The number of fused-ring (bicyclic) bond motifs is 1. The molecule has 1 aliphatic rings. The summed E-state index contributed by atoms with van der Waals surface area (Å²) < 4.78 is 5.55. The molecule has 0 aliphatic heterocycles. The minimum atomic E-state index is -0.292. The van der Waals surface area contributed by atoms with Crippen LogP contribution in [0.25, 0.3) is 11.1 Å². The van der Waals surface area contributed by atoms with Crippen LogP contribution in [-0.2, 0) is 12.8 Å². The van der Waals surface area contributed by atoms with Crippen LogP contribution in [-0.4, -0.2) is 11.6 Å². The van der Waals surface area contributed by atoms with E-state index in [2.05, 4.69) is 11.1 Å². The van der Waals surface area contributed by atoms with Gasteiger partial charge in [-0.3, -0.25) is 4.79 Å². The molecular formula is C18H18N2O2. The fourth-order valence-corrected chi connectivity index (χ4v) is 3.12. The van der Waals surface area contributed by atoms with Crippen molar-refractivity contribution in [1.82, 2.24) is 4.98 Å². The average Bonchev–Trinajstić information content (AvgIpc) is 2.54. The highest BCUT2D eigenvalue weighted by Gasteiger charge is 2.21. The number of nitriles is 1. The van der Waals surface area contributed by atoms with Crippen LogP contribution in [0.2, 0.25) is 0 Å². The molecular weight excluding hydrogens is 276 g/mol. The predicted molar refractivity (Wildman–Crippen MR) is 85.0 cm³/mol. The van der Waals surface area contributed by atoms with Crippen LogP contribution in [0, 0.1) is 11.3 Å². The van der Waals surface area contributed by atoms with Crippen molar-refractivity contribution < 1.29 is 4.74 Å². The van der Waals surface area contributed by atoms with E-state index in [0.717, 1.165) is 53.8 Å². The Morgan fingerprint density at radius 1 is 1.32 bits per heavy atom. The highest BCUT2D eigenvalue weighted by atomic mass is 16.5. The number of H-pyrrole nitrogens is 1. The lowest BCUT2D eigenvalue weighted by molar-refractivity contribution is 0.340. The van der Waals surface area contributed by atoms with E-state index in [-0.39, 0.29) is 11.1 Å². The molecule has 0 spiro atoms. The zero-order valence-corrected chi connectivity index (χ0v) is 12.6. The van der Waals surface area contributed by atoms with Gasteiger partial charge in [-0.15, -0.1) is 0 Å². The highest BCUT2D eigenvalue weighted by molar-refractivity contribution is 5.75. The summed E-state index contributed by atoms with van der Waals surface area (Å²) in [6.07, 6.45) is 3.93. The number of aryl methyl sites for hydroxylation is 1. The van der Waals surface area contributed by atoms with Gasteiger partial charge in [0.2, 0.25) is 0 Å². The topological polar surface area (TPSA) is 65.9 Å². The third kappa shape index (κ3) is 2.50. The first kappa shape index (κ1) is 14.4. The van der Waals surface area contributed by atoms with E-state index in [1.54, 1.807) is 0 Å². The molecule has 2 aromatic rings. The number of aromatic nitrogens is 1. The van der Waals surface area contributed by atoms with Crippen molar-refractivity contribution in [1.29, 1.82) is 5.26 Å². The molecule has 0 bridgehead atoms. The number of ether oxygens (including phenoxy) is 1. The molecule has 0 amide bonds. The van der Waals surface area contributed by atoms with Crippen LogP contribution < -0.4 is 10.3 Å². The maximum atomic E-state index is 12.2. The average molecular weight is 294 g/mol. The summed E-state index contributed by atoms with van der Waals surface area (Å²) >= 11 is 0. The molecule has 4 nitrogen and oxygen atoms in total. The summed E-state index contributed by atoms with van der Waals surface area (Å²) in [7, 11) is 0. The van der Waals surface area contributed by atoms with Crippen LogP contribution in [0.1, 0.15) is 36.6 Å². The molecule has 0 atom stereocenters. The van der Waals surface area contributed by atoms with Gasteiger partial charge in [-0.25, -0.2) is 0 Å². The van der Waals surface area contributed by atoms with Gasteiger partial charge in [-0.05, 0) is 55.9 Å². The Labute approximate surface area is 129 Å². The van der Waals surface area contributed by atoms with Gasteiger partial charge in [0, 0.05) is 11.3 Å². The van der Waals surface area contributed by atoms with E-state index in [1.807, 2.05) is 31.2 Å². The standard InChI is InChI=1S/C18H18N2O2/c1-2-22-13-7-5-6-12(10-13)17-14-8-3-4-9-16(14)20-18(21)15(17)11-19/h5-7,10H,2-4,8-9H2,1H3,(H,20,21). The van der Waals surface area contributed by atoms with Crippen molar-refractivity contribution in [2.45, 2.75) is 32.6 Å². The summed E-state index contributed by atoms with van der Waals surface area (Å²) in [5, 5.41) is 9.43. The molecule has 1 N–H and O–H groups in total. The van der Waals surface area contributed by atoms with Gasteiger partial charge in [0.15, 0.2) is 0 Å². The van der Waals surface area contributed by atoms with E-state index in [4.69, 9.17) is 4.74 Å². The van der Waals surface area contributed by atoms with Gasteiger partial charge in [0.05, 0.1) is 6.61 Å². The van der Waals surface area contributed by atoms with Crippen LogP contribution >= 0.6 is 0 Å². The fourth-order valence-electron chi connectivity index (χ4n) is 3.12. The lowest BCUT2D eigenvalue weighted by Gasteiger charge is -2.20. The minimum Gasteiger partial charge on any atom is -0.494 e. The molecule has 1 aromatic heterocycles.